The number of halogens is 1. The molecular formula is C16H19BrN2O2. The second-order valence-corrected chi connectivity index (χ2v) is 4.16. The fourth-order valence-corrected chi connectivity index (χ4v) is 1.50. The average molecular weight is 351 g/mol. The number of hydrogen-bond acceptors (Lipinski definition) is 4. The van der Waals surface area contributed by atoms with Crippen LogP contribution in [0.1, 0.15) is 41.5 Å². The second kappa shape index (κ2) is 11.9. The number of ketones is 2. The van der Waals surface area contributed by atoms with Crippen LogP contribution in [0.5, 0.6) is 0 Å². The van der Waals surface area contributed by atoms with E-state index in [1.54, 1.807) is 49.1 Å². The predicted octanol–water partition coefficient (Wildman–Crippen LogP) is 3.97. The molecule has 0 saturated carbocycles. The zero-order valence-corrected chi connectivity index (χ0v) is 14.0. The Morgan fingerprint density at radius 3 is 1.76 bits per heavy atom. The molecule has 0 aliphatic heterocycles. The van der Waals surface area contributed by atoms with Crippen molar-refractivity contribution < 1.29 is 9.59 Å². The van der Waals surface area contributed by atoms with Gasteiger partial charge in [-0.1, -0.05) is 29.8 Å². The number of nitrogens with zero attached hydrogens (tertiary/aromatic N) is 2. The van der Waals surface area contributed by atoms with E-state index in [2.05, 4.69) is 25.9 Å². The highest BCUT2D eigenvalue weighted by molar-refractivity contribution is 9.09. The maximum atomic E-state index is 10.9. The molecule has 0 radical (unpaired) electrons. The first kappa shape index (κ1) is 19.1. The molecule has 0 aromatic carbocycles. The summed E-state index contributed by atoms with van der Waals surface area (Å²) in [4.78, 5) is 29.1. The number of carbonyl (C=O) groups is 2. The van der Waals surface area contributed by atoms with Crippen molar-refractivity contribution in [3.05, 3.63) is 60.2 Å². The summed E-state index contributed by atoms with van der Waals surface area (Å²) in [5.41, 5.74) is 1.32. The highest BCUT2D eigenvalue weighted by atomic mass is 79.9. The van der Waals surface area contributed by atoms with Crippen LogP contribution in [0, 0.1) is 0 Å². The van der Waals surface area contributed by atoms with Gasteiger partial charge in [-0.3, -0.25) is 19.6 Å². The molecule has 4 nitrogen and oxygen atoms in total. The van der Waals surface area contributed by atoms with Crippen molar-refractivity contribution in [2.75, 3.05) is 5.33 Å². The van der Waals surface area contributed by atoms with E-state index >= 15 is 0 Å². The highest BCUT2D eigenvalue weighted by Crippen LogP contribution is 1.99. The summed E-state index contributed by atoms with van der Waals surface area (Å²) < 4.78 is 0. The van der Waals surface area contributed by atoms with Crippen molar-refractivity contribution in [1.29, 1.82) is 0 Å². The molecule has 2 aromatic rings. The van der Waals surface area contributed by atoms with Crippen LogP contribution in [0.4, 0.5) is 0 Å². The Bertz CT molecular complexity index is 530. The van der Waals surface area contributed by atoms with Gasteiger partial charge < -0.3 is 0 Å². The number of pyridine rings is 2. The molecule has 5 heteroatoms. The summed E-state index contributed by atoms with van der Waals surface area (Å²) in [7, 11) is 0. The minimum Gasteiger partial charge on any atom is -0.294 e. The molecule has 0 unspecified atom stereocenters. The van der Waals surface area contributed by atoms with Crippen LogP contribution in [0.2, 0.25) is 0 Å². The van der Waals surface area contributed by atoms with E-state index in [9.17, 15) is 9.59 Å². The minimum absolute atomic E-state index is 0.0584. The zero-order chi connectivity index (χ0) is 16.1. The number of hydrogen-bond donors (Lipinski definition) is 0. The Labute approximate surface area is 133 Å². The summed E-state index contributed by atoms with van der Waals surface area (Å²) in [6, 6.07) is 6.98. The summed E-state index contributed by atoms with van der Waals surface area (Å²) in [5, 5.41) is 0.360. The normalized spacial score (nSPS) is 8.57. The lowest BCUT2D eigenvalue weighted by Crippen LogP contribution is -1.99. The van der Waals surface area contributed by atoms with E-state index in [1.165, 1.54) is 6.92 Å². The molecule has 0 aliphatic rings. The number of alkyl halides is 1. The molecule has 21 heavy (non-hydrogen) atoms. The van der Waals surface area contributed by atoms with Gasteiger partial charge in [0.25, 0.3) is 0 Å². The number of rotatable bonds is 3. The number of Topliss-reactive ketones (excluding diaryl/α,β-unsaturated/α-hetero) is 2. The lowest BCUT2D eigenvalue weighted by Gasteiger charge is -1.92. The van der Waals surface area contributed by atoms with Crippen LogP contribution in [0.15, 0.2) is 49.1 Å². The molecule has 0 spiro atoms. The van der Waals surface area contributed by atoms with Crippen LogP contribution in [0.3, 0.4) is 0 Å². The maximum Gasteiger partial charge on any atom is 0.174 e. The number of aromatic nitrogens is 2. The van der Waals surface area contributed by atoms with Crippen molar-refractivity contribution in [2.24, 2.45) is 0 Å². The van der Waals surface area contributed by atoms with Crippen LogP contribution in [-0.4, -0.2) is 26.9 Å². The second-order valence-electron chi connectivity index (χ2n) is 3.60. The van der Waals surface area contributed by atoms with Gasteiger partial charge in [-0.25, -0.2) is 0 Å². The van der Waals surface area contributed by atoms with Crippen molar-refractivity contribution >= 4 is 27.5 Å². The van der Waals surface area contributed by atoms with Crippen molar-refractivity contribution in [3.63, 3.8) is 0 Å². The maximum absolute atomic E-state index is 10.9. The third-order valence-corrected chi connectivity index (χ3v) is 2.68. The molecule has 112 valence electrons. The van der Waals surface area contributed by atoms with Crippen LogP contribution in [0.25, 0.3) is 0 Å². The van der Waals surface area contributed by atoms with E-state index < -0.39 is 0 Å². The molecule has 0 aliphatic carbocycles. The van der Waals surface area contributed by atoms with E-state index in [0.29, 0.717) is 16.5 Å². The molecule has 0 amide bonds. The van der Waals surface area contributed by atoms with Crippen LogP contribution < -0.4 is 0 Å². The summed E-state index contributed by atoms with van der Waals surface area (Å²) in [6.45, 7) is 5.52. The van der Waals surface area contributed by atoms with Crippen LogP contribution >= 0.6 is 15.9 Å². The Morgan fingerprint density at radius 1 is 1.00 bits per heavy atom. The van der Waals surface area contributed by atoms with E-state index in [-0.39, 0.29) is 11.6 Å². The third kappa shape index (κ3) is 8.09. The first-order chi connectivity index (χ1) is 10.1. The summed E-state index contributed by atoms with van der Waals surface area (Å²) in [5.74, 6) is 0.121. The minimum atomic E-state index is 0.0584. The van der Waals surface area contributed by atoms with Gasteiger partial charge in [-0.05, 0) is 31.2 Å². The van der Waals surface area contributed by atoms with Gasteiger partial charge in [0.15, 0.2) is 11.6 Å². The first-order valence-corrected chi connectivity index (χ1v) is 7.67. The molecular weight excluding hydrogens is 332 g/mol. The molecule has 0 fully saturated rings. The zero-order valence-electron chi connectivity index (χ0n) is 12.4. The fraction of sp³-hybridized carbons (Fsp3) is 0.250. The van der Waals surface area contributed by atoms with Gasteiger partial charge in [0.05, 0.1) is 5.33 Å². The smallest absolute Gasteiger partial charge is 0.174 e. The Balaban J connectivity index is 0.000000342. The lowest BCUT2D eigenvalue weighted by molar-refractivity contribution is 0.101. The first-order valence-electron chi connectivity index (χ1n) is 6.55. The quantitative estimate of drug-likeness (QED) is 0.620. The van der Waals surface area contributed by atoms with E-state index in [4.69, 9.17) is 0 Å². The molecule has 0 bridgehead atoms. The largest absolute Gasteiger partial charge is 0.294 e. The molecule has 2 aromatic heterocycles. The Morgan fingerprint density at radius 2 is 1.48 bits per heavy atom. The Hall–Kier alpha value is -1.88. The van der Waals surface area contributed by atoms with Crippen molar-refractivity contribution in [2.45, 2.75) is 20.8 Å². The number of carbonyl (C=O) groups excluding carboxylic acids is 2. The Kier molecular flexibility index (Phi) is 10.8. The highest BCUT2D eigenvalue weighted by Gasteiger charge is 2.00. The van der Waals surface area contributed by atoms with Gasteiger partial charge in [0.1, 0.15) is 0 Å². The van der Waals surface area contributed by atoms with Crippen molar-refractivity contribution in [1.82, 2.24) is 9.97 Å². The van der Waals surface area contributed by atoms with E-state index in [1.807, 2.05) is 13.8 Å². The third-order valence-electron chi connectivity index (χ3n) is 2.17. The standard InChI is InChI=1S/C7H6BrNO.C7H7NO.C2H6/c8-4-7(10)6-2-1-3-9-5-6;1-6(9)7-3-2-4-8-5-7;1-2/h1-3,5H,4H2;2-5H,1H3;1-2H3. The molecule has 0 atom stereocenters. The molecule has 2 heterocycles. The fourth-order valence-electron chi connectivity index (χ4n) is 1.18. The molecule has 2 rings (SSSR count). The monoisotopic (exact) mass is 350 g/mol. The van der Waals surface area contributed by atoms with Crippen molar-refractivity contribution in [3.8, 4) is 0 Å². The van der Waals surface area contributed by atoms with Gasteiger partial charge in [-0.15, -0.1) is 0 Å². The lowest BCUT2D eigenvalue weighted by atomic mass is 10.2. The van der Waals surface area contributed by atoms with E-state index in [0.717, 1.165) is 0 Å². The topological polar surface area (TPSA) is 59.9 Å². The van der Waals surface area contributed by atoms with Gasteiger partial charge in [0.2, 0.25) is 0 Å². The SMILES string of the molecule is CC.CC(=O)c1cccnc1.O=C(CBr)c1cccnc1. The summed E-state index contributed by atoms with van der Waals surface area (Å²) >= 11 is 3.07. The summed E-state index contributed by atoms with van der Waals surface area (Å²) in [6.07, 6.45) is 6.41. The molecule has 0 N–H and O–H groups in total. The van der Waals surface area contributed by atoms with Gasteiger partial charge in [0, 0.05) is 35.9 Å². The van der Waals surface area contributed by atoms with Gasteiger partial charge in [-0.2, -0.15) is 0 Å². The van der Waals surface area contributed by atoms with Gasteiger partial charge >= 0.3 is 0 Å². The molecule has 0 saturated heterocycles. The van der Waals surface area contributed by atoms with Crippen LogP contribution in [-0.2, 0) is 0 Å². The average Bonchev–Trinajstić information content (AvgIpc) is 2.58. The predicted molar refractivity (Wildman–Crippen MR) is 88.0 cm³/mol.